The van der Waals surface area contributed by atoms with E-state index in [1.54, 1.807) is 0 Å². The van der Waals surface area contributed by atoms with E-state index in [0.29, 0.717) is 0 Å². The predicted octanol–water partition coefficient (Wildman–Crippen LogP) is -21.0. The molecule has 0 unspecified atom stereocenters. The maximum absolute atomic E-state index is 0. The second-order valence-corrected chi connectivity index (χ2v) is 0. The van der Waals surface area contributed by atoms with Crippen LogP contribution in [0.15, 0.2) is 0 Å². The first-order valence-corrected chi connectivity index (χ1v) is 0. The van der Waals surface area contributed by atoms with Crippen molar-refractivity contribution in [1.29, 1.82) is 0 Å². The molecule has 0 aromatic carbocycles. The van der Waals surface area contributed by atoms with Gasteiger partial charge in [-0.3, -0.25) is 0 Å². The van der Waals surface area contributed by atoms with Crippen molar-refractivity contribution in [3.8, 4) is 0 Å². The van der Waals surface area contributed by atoms with Gasteiger partial charge in [-0.25, -0.2) is 0 Å². The van der Waals surface area contributed by atoms with Crippen molar-refractivity contribution in [2.24, 2.45) is 0 Å². The first-order valence-electron chi connectivity index (χ1n) is 0. The fraction of sp³-hybridized carbons (Fsp3) is 0. The summed E-state index contributed by atoms with van der Waals surface area (Å²) in [5.74, 6) is 0. The van der Waals surface area contributed by atoms with E-state index in [9.17, 15) is 0 Å². The Morgan fingerprint density at radius 2 is 0.286 bits per heavy atom. The Morgan fingerprint density at radius 1 is 0.286 bits per heavy atom. The molecule has 0 radical (unpaired) electrons. The van der Waals surface area contributed by atoms with E-state index >= 15 is 0 Å². The Kier molecular flexibility index (Phi) is 7790. The van der Waals surface area contributed by atoms with Crippen LogP contribution in [0.5, 0.6) is 0 Å². The van der Waals surface area contributed by atoms with Gasteiger partial charge in [-0.05, 0) is 0 Å². The van der Waals surface area contributed by atoms with E-state index in [2.05, 4.69) is 0 Å². The van der Waals surface area contributed by atoms with Gasteiger partial charge in [-0.15, -0.1) is 0 Å². The van der Waals surface area contributed by atoms with Gasteiger partial charge >= 0.3 is 51.4 Å². The van der Waals surface area contributed by atoms with Gasteiger partial charge in [-0.2, -0.15) is 0 Å². The molecule has 0 aliphatic rings. The molecule has 0 saturated carbocycles. The Balaban J connectivity index is 0. The summed E-state index contributed by atoms with van der Waals surface area (Å²) in [6.07, 6.45) is 0. The van der Waals surface area contributed by atoms with Crippen LogP contribution in [0.25, 0.3) is 0 Å². The smallest absolute Gasteiger partial charge is 1.00 e. The Labute approximate surface area is 78.7 Å². The molecule has 0 nitrogen and oxygen atoms in total. The molecule has 7 heavy (non-hydrogen) atoms. The fourth-order valence-electron chi connectivity index (χ4n) is 0. The van der Waals surface area contributed by atoms with Gasteiger partial charge in [0.15, 0.2) is 0 Å². The summed E-state index contributed by atoms with van der Waals surface area (Å²) in [7, 11) is 0. The SMILES string of the molecule is [F-].[F-].[F-].[F-].[F-].[F-].[K+]. The Hall–Kier alpha value is 1.22. The second-order valence-electron chi connectivity index (χ2n) is 0. The van der Waals surface area contributed by atoms with Crippen LogP contribution in [-0.2, 0) is 0 Å². The van der Waals surface area contributed by atoms with Crippen molar-refractivity contribution in [3.05, 3.63) is 0 Å². The van der Waals surface area contributed by atoms with Crippen LogP contribution in [0.3, 0.4) is 0 Å². The van der Waals surface area contributed by atoms with E-state index in [-0.39, 0.29) is 79.6 Å². The van der Waals surface area contributed by atoms with E-state index in [1.807, 2.05) is 0 Å². The summed E-state index contributed by atoms with van der Waals surface area (Å²) in [6.45, 7) is 0. The largest absolute Gasteiger partial charge is 1.00 e. The molecule has 0 aromatic rings. The molecular weight excluding hydrogens is 153 g/mol. The molecule has 0 rings (SSSR count). The van der Waals surface area contributed by atoms with Crippen LogP contribution in [0.1, 0.15) is 0 Å². The summed E-state index contributed by atoms with van der Waals surface area (Å²) < 4.78 is 0. The molecule has 0 aliphatic heterocycles. The Morgan fingerprint density at radius 3 is 0.286 bits per heavy atom. The third kappa shape index (κ3) is 133. The van der Waals surface area contributed by atoms with Gasteiger partial charge in [0.2, 0.25) is 0 Å². The predicted molar refractivity (Wildman–Crippen MR) is 0 cm³/mol. The van der Waals surface area contributed by atoms with E-state index in [4.69, 9.17) is 0 Å². The van der Waals surface area contributed by atoms with Crippen molar-refractivity contribution in [2.75, 3.05) is 0 Å². The van der Waals surface area contributed by atoms with Gasteiger partial charge < -0.3 is 28.2 Å². The van der Waals surface area contributed by atoms with Crippen LogP contribution in [-0.4, -0.2) is 0 Å². The third-order valence-corrected chi connectivity index (χ3v) is 0. The summed E-state index contributed by atoms with van der Waals surface area (Å²) >= 11 is 0. The number of hydrogen-bond acceptors (Lipinski definition) is 0. The first-order chi connectivity index (χ1) is 0. The van der Waals surface area contributed by atoms with Crippen molar-refractivity contribution in [2.45, 2.75) is 0 Å². The zero-order chi connectivity index (χ0) is 0. The quantitative estimate of drug-likeness (QED) is 0.239. The van der Waals surface area contributed by atoms with Gasteiger partial charge in [0.1, 0.15) is 0 Å². The maximum atomic E-state index is 0. The molecule has 0 aliphatic carbocycles. The number of halogens is 6. The van der Waals surface area contributed by atoms with Gasteiger partial charge in [0.05, 0.1) is 0 Å². The molecule has 0 heterocycles. The average Bonchev–Trinajstić information content (AvgIpc) is 0. The summed E-state index contributed by atoms with van der Waals surface area (Å²) in [6, 6.07) is 0. The van der Waals surface area contributed by atoms with Crippen molar-refractivity contribution >= 4 is 0 Å². The zero-order valence-electron chi connectivity index (χ0n) is 3.27. The normalized spacial score (nSPS) is 0. The minimum atomic E-state index is 0. The van der Waals surface area contributed by atoms with Crippen molar-refractivity contribution < 1.29 is 79.6 Å². The van der Waals surface area contributed by atoms with Crippen LogP contribution in [0, 0.1) is 0 Å². The van der Waals surface area contributed by atoms with E-state index < -0.39 is 0 Å². The van der Waals surface area contributed by atoms with Crippen molar-refractivity contribution in [1.82, 2.24) is 0 Å². The summed E-state index contributed by atoms with van der Waals surface area (Å²) in [4.78, 5) is 0. The minimum Gasteiger partial charge on any atom is -1.00 e. The topological polar surface area (TPSA) is 0 Å². The molecule has 0 atom stereocenters. The molecule has 0 bridgehead atoms. The molecule has 0 fully saturated rings. The molecule has 7 heteroatoms. The molecular formula is F6K-5. The molecule has 0 aromatic heterocycles. The van der Waals surface area contributed by atoms with Crippen LogP contribution < -0.4 is 79.6 Å². The van der Waals surface area contributed by atoms with Gasteiger partial charge in [-0.1, -0.05) is 0 Å². The maximum Gasteiger partial charge on any atom is 1.00 e. The van der Waals surface area contributed by atoms with E-state index in [0.717, 1.165) is 0 Å². The van der Waals surface area contributed by atoms with Gasteiger partial charge in [0.25, 0.3) is 0 Å². The summed E-state index contributed by atoms with van der Waals surface area (Å²) in [5, 5.41) is 0. The van der Waals surface area contributed by atoms with Crippen LogP contribution in [0.2, 0.25) is 0 Å². The minimum absolute atomic E-state index is 0. The molecule has 0 saturated heterocycles. The molecule has 0 amide bonds. The number of hydrogen-bond donors (Lipinski definition) is 0. The second kappa shape index (κ2) is 188. The first kappa shape index (κ1) is 289. The van der Waals surface area contributed by atoms with Crippen molar-refractivity contribution in [3.63, 3.8) is 0 Å². The van der Waals surface area contributed by atoms with Gasteiger partial charge in [0, 0.05) is 0 Å². The molecule has 0 N–H and O–H groups in total. The Bertz CT molecular complexity index is 4.14. The zero-order valence-corrected chi connectivity index (χ0v) is 6.39. The summed E-state index contributed by atoms with van der Waals surface area (Å²) in [5.41, 5.74) is 0. The standard InChI is InChI=1S/6FH.K/h6*1H;/q;;;;;;+1/p-6. The monoisotopic (exact) mass is 153 g/mol. The third-order valence-electron chi connectivity index (χ3n) is 0. The van der Waals surface area contributed by atoms with E-state index in [1.165, 1.54) is 0 Å². The fourth-order valence-corrected chi connectivity index (χ4v) is 0. The van der Waals surface area contributed by atoms with Crippen LogP contribution >= 0.6 is 0 Å². The average molecular weight is 153 g/mol. The molecule has 48 valence electrons. The molecule has 0 spiro atoms. The number of rotatable bonds is 0. The van der Waals surface area contributed by atoms with Crippen LogP contribution in [0.4, 0.5) is 0 Å².